The van der Waals surface area contributed by atoms with Gasteiger partial charge >= 0.3 is 0 Å². The summed E-state index contributed by atoms with van der Waals surface area (Å²) in [5.41, 5.74) is 0.923. The molecule has 3 aliphatic heterocycles. The van der Waals surface area contributed by atoms with Crippen LogP contribution in [0.1, 0.15) is 5.56 Å². The van der Waals surface area contributed by atoms with Crippen molar-refractivity contribution in [2.24, 2.45) is 11.8 Å². The van der Waals surface area contributed by atoms with E-state index in [0.29, 0.717) is 5.92 Å². The zero-order valence-electron chi connectivity index (χ0n) is 14.0. The van der Waals surface area contributed by atoms with Gasteiger partial charge in [0.15, 0.2) is 0 Å². The molecule has 2 bridgehead atoms. The van der Waals surface area contributed by atoms with Gasteiger partial charge in [0, 0.05) is 62.6 Å². The van der Waals surface area contributed by atoms with Crippen molar-refractivity contribution in [2.45, 2.75) is 18.2 Å². The van der Waals surface area contributed by atoms with Gasteiger partial charge < -0.3 is 19.2 Å². The highest BCUT2D eigenvalue weighted by molar-refractivity contribution is 5.34. The van der Waals surface area contributed by atoms with Crippen LogP contribution in [0.3, 0.4) is 0 Å². The van der Waals surface area contributed by atoms with Gasteiger partial charge in [-0.15, -0.1) is 0 Å². The first-order valence-electron chi connectivity index (χ1n) is 8.81. The third-order valence-electron chi connectivity index (χ3n) is 5.89. The highest BCUT2D eigenvalue weighted by atomic mass is 16.5. The molecule has 0 aliphatic carbocycles. The number of furan rings is 1. The van der Waals surface area contributed by atoms with E-state index < -0.39 is 0 Å². The van der Waals surface area contributed by atoms with Crippen LogP contribution in [0.15, 0.2) is 41.5 Å². The number of morpholine rings is 1. The Morgan fingerprint density at radius 3 is 2.88 bits per heavy atom. The predicted octanol–water partition coefficient (Wildman–Crippen LogP) is 0.768. The lowest BCUT2D eigenvalue weighted by Crippen LogP contribution is -2.54. The molecule has 4 atom stereocenters. The predicted molar refractivity (Wildman–Crippen MR) is 89.9 cm³/mol. The molecule has 2 aromatic heterocycles. The molecule has 0 aromatic carbocycles. The maximum Gasteiger partial charge on any atom is 0.225 e. The molecule has 0 radical (unpaired) electrons. The zero-order chi connectivity index (χ0) is 16.9. The molecule has 3 saturated heterocycles. The lowest BCUT2D eigenvalue weighted by molar-refractivity contribution is -0.0649. The van der Waals surface area contributed by atoms with Crippen LogP contribution >= 0.6 is 0 Å². The molecule has 7 heteroatoms. The lowest BCUT2D eigenvalue weighted by atomic mass is 9.83. The summed E-state index contributed by atoms with van der Waals surface area (Å²) in [5.74, 6) is 1.26. The van der Waals surface area contributed by atoms with Crippen LogP contribution in [0.2, 0.25) is 0 Å². The van der Waals surface area contributed by atoms with E-state index in [4.69, 9.17) is 9.15 Å². The first-order valence-corrected chi connectivity index (χ1v) is 8.81. The summed E-state index contributed by atoms with van der Waals surface area (Å²) in [6.07, 6.45) is 7.10. The lowest BCUT2D eigenvalue weighted by Gasteiger charge is -2.40. The van der Waals surface area contributed by atoms with Crippen molar-refractivity contribution in [3.63, 3.8) is 0 Å². The van der Waals surface area contributed by atoms with Gasteiger partial charge in [0.2, 0.25) is 5.95 Å². The third kappa shape index (κ3) is 2.46. The number of ether oxygens (including phenoxy) is 1. The van der Waals surface area contributed by atoms with E-state index in [1.807, 2.05) is 12.1 Å². The summed E-state index contributed by atoms with van der Waals surface area (Å²) in [6, 6.07) is 3.84. The molecule has 5 heterocycles. The van der Waals surface area contributed by atoms with Gasteiger partial charge in [0.05, 0.1) is 25.2 Å². The van der Waals surface area contributed by atoms with Gasteiger partial charge in [-0.2, -0.15) is 0 Å². The number of anilines is 1. The van der Waals surface area contributed by atoms with Crippen molar-refractivity contribution in [2.75, 3.05) is 37.7 Å². The average molecular weight is 342 g/mol. The summed E-state index contributed by atoms with van der Waals surface area (Å²) in [4.78, 5) is 13.4. The molecule has 3 aliphatic rings. The van der Waals surface area contributed by atoms with Gasteiger partial charge in [-0.25, -0.2) is 9.97 Å². The van der Waals surface area contributed by atoms with E-state index in [1.165, 1.54) is 5.56 Å². The molecule has 0 saturated carbocycles. The average Bonchev–Trinajstić information content (AvgIpc) is 3.29. The van der Waals surface area contributed by atoms with Crippen LogP contribution in [0.25, 0.3) is 0 Å². The molecule has 0 amide bonds. The first kappa shape index (κ1) is 15.3. The second kappa shape index (κ2) is 5.79. The highest BCUT2D eigenvalue weighted by Gasteiger charge is 2.62. The Balaban J connectivity index is 1.41. The first-order chi connectivity index (χ1) is 12.3. The second-order valence-corrected chi connectivity index (χ2v) is 7.40. The number of likely N-dealkylation sites (tertiary alicyclic amines) is 1. The van der Waals surface area contributed by atoms with Crippen molar-refractivity contribution < 1.29 is 14.3 Å². The molecule has 132 valence electrons. The summed E-state index contributed by atoms with van der Waals surface area (Å²) in [7, 11) is 0. The van der Waals surface area contributed by atoms with Gasteiger partial charge in [0.1, 0.15) is 5.60 Å². The van der Waals surface area contributed by atoms with Crippen LogP contribution in [0.5, 0.6) is 0 Å². The summed E-state index contributed by atoms with van der Waals surface area (Å²) < 4.78 is 11.7. The van der Waals surface area contributed by atoms with Crippen LogP contribution in [0, 0.1) is 11.8 Å². The van der Waals surface area contributed by atoms with E-state index in [0.717, 1.165) is 38.7 Å². The standard InChI is InChI=1S/C18H22N4O3/c23-9-14-15-7-21(6-13-2-5-24-10-13)11-18(15)12-22(8-16(14)25-18)17-19-3-1-4-20-17/h1-5,10,14-16,23H,6-9,11-12H2/t14-,15+,16+,18-/m0/s1. The molecular formula is C18H22N4O3. The smallest absolute Gasteiger partial charge is 0.225 e. The summed E-state index contributed by atoms with van der Waals surface area (Å²) in [6.45, 7) is 4.34. The summed E-state index contributed by atoms with van der Waals surface area (Å²) >= 11 is 0. The van der Waals surface area contributed by atoms with E-state index in [9.17, 15) is 5.11 Å². The van der Waals surface area contributed by atoms with Gasteiger partial charge in [0.25, 0.3) is 0 Å². The van der Waals surface area contributed by atoms with Gasteiger partial charge in [-0.3, -0.25) is 4.90 Å². The number of rotatable bonds is 4. The Bertz CT molecular complexity index is 725. The number of hydrogen-bond acceptors (Lipinski definition) is 7. The minimum atomic E-state index is -0.251. The van der Waals surface area contributed by atoms with Crippen LogP contribution in [0.4, 0.5) is 5.95 Å². The normalized spacial score (nSPS) is 34.4. The molecule has 5 rings (SSSR count). The van der Waals surface area contributed by atoms with Gasteiger partial charge in [-0.05, 0) is 12.1 Å². The maximum absolute atomic E-state index is 9.99. The quantitative estimate of drug-likeness (QED) is 0.879. The molecule has 3 fully saturated rings. The van der Waals surface area contributed by atoms with E-state index in [1.54, 1.807) is 24.9 Å². The third-order valence-corrected chi connectivity index (χ3v) is 5.89. The maximum atomic E-state index is 9.99. The molecular weight excluding hydrogens is 320 g/mol. The molecule has 2 aromatic rings. The SMILES string of the molecule is OC[C@H]1[C@H]2CN(Cc3ccoc3)C[C@]23CN(c2ncccn2)C[C@H]1O3. The van der Waals surface area contributed by atoms with E-state index in [-0.39, 0.29) is 24.2 Å². The number of fused-ring (bicyclic) bond motifs is 1. The van der Waals surface area contributed by atoms with Crippen molar-refractivity contribution in [3.8, 4) is 0 Å². The molecule has 0 unspecified atom stereocenters. The van der Waals surface area contributed by atoms with Gasteiger partial charge in [-0.1, -0.05) is 0 Å². The fourth-order valence-electron chi connectivity index (χ4n) is 4.90. The van der Waals surface area contributed by atoms with Crippen molar-refractivity contribution >= 4 is 5.95 Å². The largest absolute Gasteiger partial charge is 0.472 e. The van der Waals surface area contributed by atoms with Crippen molar-refractivity contribution in [1.29, 1.82) is 0 Å². The topological polar surface area (TPSA) is 74.9 Å². The summed E-state index contributed by atoms with van der Waals surface area (Å²) in [5, 5.41) is 9.99. The van der Waals surface area contributed by atoms with Crippen molar-refractivity contribution in [1.82, 2.24) is 14.9 Å². The van der Waals surface area contributed by atoms with E-state index >= 15 is 0 Å². The van der Waals surface area contributed by atoms with Crippen LogP contribution in [-0.4, -0.2) is 64.5 Å². The number of aromatic nitrogens is 2. The Labute approximate surface area is 146 Å². The number of hydrogen-bond donors (Lipinski definition) is 1. The fourth-order valence-corrected chi connectivity index (χ4v) is 4.90. The minimum absolute atomic E-state index is 0.0450. The molecule has 7 nitrogen and oxygen atoms in total. The Hall–Kier alpha value is -1.96. The molecule has 1 N–H and O–H groups in total. The number of nitrogens with zero attached hydrogens (tertiary/aromatic N) is 4. The Kier molecular flexibility index (Phi) is 3.55. The second-order valence-electron chi connectivity index (χ2n) is 7.40. The van der Waals surface area contributed by atoms with Crippen LogP contribution < -0.4 is 4.90 Å². The Morgan fingerprint density at radius 1 is 1.24 bits per heavy atom. The monoisotopic (exact) mass is 342 g/mol. The van der Waals surface area contributed by atoms with E-state index in [2.05, 4.69) is 19.8 Å². The minimum Gasteiger partial charge on any atom is -0.472 e. The molecule has 25 heavy (non-hydrogen) atoms. The van der Waals surface area contributed by atoms with Crippen molar-refractivity contribution in [3.05, 3.63) is 42.6 Å². The number of aliphatic hydroxyl groups excluding tert-OH is 1. The highest BCUT2D eigenvalue weighted by Crippen LogP contribution is 2.49. The number of aliphatic hydroxyl groups is 1. The fraction of sp³-hybridized carbons (Fsp3) is 0.556. The zero-order valence-corrected chi connectivity index (χ0v) is 14.0. The molecule has 1 spiro atoms. The van der Waals surface area contributed by atoms with Crippen LogP contribution in [-0.2, 0) is 11.3 Å². The Morgan fingerprint density at radius 2 is 2.12 bits per heavy atom.